The summed E-state index contributed by atoms with van der Waals surface area (Å²) >= 11 is 0. The third kappa shape index (κ3) is 15.6. The number of benzene rings is 3. The molecule has 16 nitrogen and oxygen atoms in total. The van der Waals surface area contributed by atoms with Crippen LogP contribution in [0.2, 0.25) is 0 Å². The normalized spacial score (nSPS) is 16.9. The highest BCUT2D eigenvalue weighted by Crippen LogP contribution is 2.34. The Morgan fingerprint density at radius 2 is 1.47 bits per heavy atom. The summed E-state index contributed by atoms with van der Waals surface area (Å²) in [6.07, 6.45) is 9.70. The Morgan fingerprint density at radius 1 is 0.736 bits per heavy atom. The third-order valence-corrected chi connectivity index (χ3v) is 13.2. The van der Waals surface area contributed by atoms with Crippen molar-refractivity contribution in [2.75, 3.05) is 96.2 Å². The van der Waals surface area contributed by atoms with Crippen LogP contribution in [0.25, 0.3) is 11.3 Å². The Hall–Kier alpha value is -6.20. The van der Waals surface area contributed by atoms with Gasteiger partial charge < -0.3 is 44.7 Å². The van der Waals surface area contributed by atoms with Gasteiger partial charge in [0, 0.05) is 73.9 Å². The van der Waals surface area contributed by atoms with Gasteiger partial charge in [-0.1, -0.05) is 30.3 Å². The van der Waals surface area contributed by atoms with E-state index in [1.54, 1.807) is 54.5 Å². The maximum Gasteiger partial charge on any atom is 0.308 e. The number of rotatable bonds is 23. The zero-order chi connectivity index (χ0) is 50.9. The van der Waals surface area contributed by atoms with E-state index in [0.717, 1.165) is 75.8 Å². The number of aryl methyl sites for hydroxylation is 1. The van der Waals surface area contributed by atoms with E-state index in [9.17, 15) is 24.0 Å². The molecular weight excluding hydrogens is 915 g/mol. The Morgan fingerprint density at radius 3 is 2.26 bits per heavy atom. The van der Waals surface area contributed by atoms with Crippen molar-refractivity contribution in [1.82, 2.24) is 25.4 Å². The molecule has 3 aliphatic rings. The fourth-order valence-corrected chi connectivity index (χ4v) is 9.50. The number of likely N-dealkylation sites (tertiary alicyclic amines) is 1. The summed E-state index contributed by atoms with van der Waals surface area (Å²) in [6.45, 7) is 11.5. The highest BCUT2D eigenvalue weighted by Gasteiger charge is 2.31. The summed E-state index contributed by atoms with van der Waals surface area (Å²) in [5.41, 5.74) is 5.90. The quantitative estimate of drug-likeness (QED) is 0.0502. The molecule has 2 fully saturated rings. The minimum atomic E-state index is -0.514. The number of esters is 1. The first-order chi connectivity index (χ1) is 34.8. The second-order valence-corrected chi connectivity index (χ2v) is 19.7. The van der Waals surface area contributed by atoms with Crippen molar-refractivity contribution in [2.24, 2.45) is 0 Å². The molecular formula is C56H73N7O9. The van der Waals surface area contributed by atoms with Gasteiger partial charge in [-0.15, -0.1) is 0 Å². The van der Waals surface area contributed by atoms with Crippen LogP contribution < -0.4 is 20.9 Å². The first-order valence-corrected chi connectivity index (χ1v) is 25.7. The van der Waals surface area contributed by atoms with Gasteiger partial charge in [-0.05, 0) is 138 Å². The molecule has 72 heavy (non-hydrogen) atoms. The second-order valence-electron chi connectivity index (χ2n) is 19.7. The molecule has 2 aliphatic heterocycles. The molecule has 0 spiro atoms. The van der Waals surface area contributed by atoms with Gasteiger partial charge in [-0.3, -0.25) is 33.9 Å². The lowest BCUT2D eigenvalue weighted by molar-refractivity contribution is -0.156. The lowest BCUT2D eigenvalue weighted by Crippen LogP contribution is -2.46. The van der Waals surface area contributed by atoms with Crippen LogP contribution in [0.1, 0.15) is 120 Å². The number of carbonyl (C=O) groups excluding carboxylic acids is 5. The molecule has 3 heterocycles. The number of piperidine rings is 1. The van der Waals surface area contributed by atoms with E-state index >= 15 is 0 Å². The van der Waals surface area contributed by atoms with Gasteiger partial charge in [-0.25, -0.2) is 0 Å². The van der Waals surface area contributed by atoms with Gasteiger partial charge in [0.15, 0.2) is 0 Å². The van der Waals surface area contributed by atoms with Crippen LogP contribution in [-0.4, -0.2) is 142 Å². The van der Waals surface area contributed by atoms with Crippen LogP contribution >= 0.6 is 0 Å². The van der Waals surface area contributed by atoms with Crippen LogP contribution in [0, 0.1) is 0 Å². The number of carbonyl (C=O) groups is 5. The number of amides is 4. The van der Waals surface area contributed by atoms with Gasteiger partial charge in [0.25, 0.3) is 17.7 Å². The highest BCUT2D eigenvalue weighted by molar-refractivity contribution is 6.08. The molecule has 2 saturated heterocycles. The summed E-state index contributed by atoms with van der Waals surface area (Å²) in [4.78, 5) is 77.4. The predicted octanol–water partition coefficient (Wildman–Crippen LogP) is 7.23. The van der Waals surface area contributed by atoms with Crippen LogP contribution in [0.4, 0.5) is 11.4 Å². The number of pyridine rings is 1. The van der Waals surface area contributed by atoms with Gasteiger partial charge in [-0.2, -0.15) is 0 Å². The van der Waals surface area contributed by atoms with Gasteiger partial charge in [0.05, 0.1) is 69.5 Å². The van der Waals surface area contributed by atoms with E-state index in [2.05, 4.69) is 37.9 Å². The standard InChI is InChI=1S/C56H73N7O9/c1-56(2,3)72-51(64)23-31-69-33-35-71-36-34-70-32-25-58-54(67)50-19-12-28-63(50)30-29-61(4)55(68)43-16-10-15-41(37-43)52(65)60-48-21-20-44(62-26-8-5-9-27-62)39-46(48)49-38-42(22-24-57-49)53(66)59-47-18-11-14-40-13-6-7-17-45(40)47/h6-7,10,13,15-17,20-22,24,37-39,47,50H,5,8-9,11-12,14,18-19,23,25-36H2,1-4H3,(H,58,67)(H,59,66)(H,60,65)/t47?,50-/m0/s1. The number of hydrogen-bond donors (Lipinski definition) is 3. The van der Waals surface area contributed by atoms with Crippen LogP contribution in [0.15, 0.2) is 85.1 Å². The lowest BCUT2D eigenvalue weighted by atomic mass is 9.87. The molecule has 0 saturated carbocycles. The molecule has 1 unspecified atom stereocenters. The van der Waals surface area contributed by atoms with Crippen molar-refractivity contribution < 1.29 is 42.9 Å². The maximum atomic E-state index is 14.1. The molecule has 1 aliphatic carbocycles. The fraction of sp³-hybridized carbons (Fsp3) is 0.500. The Bertz CT molecular complexity index is 2470. The van der Waals surface area contributed by atoms with Crippen LogP contribution in [0.5, 0.6) is 0 Å². The number of likely N-dealkylation sites (N-methyl/N-ethyl adjacent to an activating group) is 1. The van der Waals surface area contributed by atoms with Crippen molar-refractivity contribution in [3.8, 4) is 11.3 Å². The number of ether oxygens (including phenoxy) is 4. The lowest BCUT2D eigenvalue weighted by Gasteiger charge is -2.29. The predicted molar refractivity (Wildman–Crippen MR) is 277 cm³/mol. The Kier molecular flexibility index (Phi) is 19.7. The van der Waals surface area contributed by atoms with Gasteiger partial charge >= 0.3 is 5.97 Å². The summed E-state index contributed by atoms with van der Waals surface area (Å²) in [7, 11) is 1.73. The molecule has 3 N–H and O–H groups in total. The highest BCUT2D eigenvalue weighted by atomic mass is 16.6. The van der Waals surface area contributed by atoms with Crippen LogP contribution in [-0.2, 0) is 35.0 Å². The third-order valence-electron chi connectivity index (χ3n) is 13.2. The molecule has 2 atom stereocenters. The van der Waals surface area contributed by atoms with Crippen molar-refractivity contribution in [2.45, 2.75) is 96.2 Å². The molecule has 16 heteroatoms. The van der Waals surface area contributed by atoms with Crippen molar-refractivity contribution >= 4 is 41.0 Å². The van der Waals surface area contributed by atoms with E-state index in [1.807, 2.05) is 51.1 Å². The minimum Gasteiger partial charge on any atom is -0.460 e. The summed E-state index contributed by atoms with van der Waals surface area (Å²) < 4.78 is 21.8. The summed E-state index contributed by atoms with van der Waals surface area (Å²) in [5, 5.41) is 9.35. The number of anilines is 2. The number of nitrogens with zero attached hydrogens (tertiary/aromatic N) is 4. The SMILES string of the molecule is CN(CCN1CCC[C@H]1C(=O)NCCOCCOCCOCCC(=O)OC(C)(C)C)C(=O)c1cccc(C(=O)Nc2ccc(N3CCCCC3)cc2-c2cc(C(=O)NC3CCCc4ccccc43)ccn2)c1. The average Bonchev–Trinajstić information content (AvgIpc) is 3.87. The summed E-state index contributed by atoms with van der Waals surface area (Å²) in [6, 6.07) is 24.1. The zero-order valence-corrected chi connectivity index (χ0v) is 42.5. The molecule has 0 radical (unpaired) electrons. The zero-order valence-electron chi connectivity index (χ0n) is 42.5. The Labute approximate surface area is 424 Å². The fourth-order valence-electron chi connectivity index (χ4n) is 9.50. The van der Waals surface area contributed by atoms with E-state index < -0.39 is 5.60 Å². The summed E-state index contributed by atoms with van der Waals surface area (Å²) in [5.74, 6) is -1.16. The Balaban J connectivity index is 0.885. The molecule has 3 aromatic carbocycles. The van der Waals surface area contributed by atoms with E-state index in [0.29, 0.717) is 86.3 Å². The maximum absolute atomic E-state index is 14.1. The first-order valence-electron chi connectivity index (χ1n) is 25.7. The number of fused-ring (bicyclic) bond motifs is 1. The number of hydrogen-bond acceptors (Lipinski definition) is 12. The monoisotopic (exact) mass is 988 g/mol. The molecule has 386 valence electrons. The van der Waals surface area contributed by atoms with Crippen molar-refractivity contribution in [1.29, 1.82) is 0 Å². The topological polar surface area (TPSA) is 181 Å². The van der Waals surface area contributed by atoms with Gasteiger partial charge in [0.2, 0.25) is 5.91 Å². The minimum absolute atomic E-state index is 0.0667. The van der Waals surface area contributed by atoms with Crippen LogP contribution in [0.3, 0.4) is 0 Å². The first kappa shape index (κ1) is 53.6. The van der Waals surface area contributed by atoms with Crippen molar-refractivity contribution in [3.63, 3.8) is 0 Å². The van der Waals surface area contributed by atoms with Crippen molar-refractivity contribution in [3.05, 3.63) is 113 Å². The molecule has 7 rings (SSSR count). The smallest absolute Gasteiger partial charge is 0.308 e. The molecule has 4 aromatic rings. The number of nitrogens with one attached hydrogen (secondary N) is 3. The molecule has 1 aromatic heterocycles. The second kappa shape index (κ2) is 26.5. The molecule has 0 bridgehead atoms. The molecule has 4 amide bonds. The average molecular weight is 988 g/mol. The number of aromatic nitrogens is 1. The van der Waals surface area contributed by atoms with E-state index in [4.69, 9.17) is 23.9 Å². The van der Waals surface area contributed by atoms with E-state index in [1.165, 1.54) is 12.0 Å². The largest absolute Gasteiger partial charge is 0.460 e. The van der Waals surface area contributed by atoms with E-state index in [-0.39, 0.29) is 54.7 Å². The van der Waals surface area contributed by atoms with Gasteiger partial charge in [0.1, 0.15) is 5.60 Å².